The first-order chi connectivity index (χ1) is 13.6. The summed E-state index contributed by atoms with van der Waals surface area (Å²) in [5.41, 5.74) is 3.74. The number of nitrogens with one attached hydrogen (secondary N) is 2. The zero-order chi connectivity index (χ0) is 19.5. The molecule has 2 aliphatic heterocycles. The van der Waals surface area contributed by atoms with Crippen LogP contribution in [-0.4, -0.2) is 47.6 Å². The van der Waals surface area contributed by atoms with Crippen LogP contribution >= 0.6 is 0 Å². The number of nitrogens with zero attached hydrogens (tertiary/aromatic N) is 1. The first kappa shape index (κ1) is 18.7. The van der Waals surface area contributed by atoms with Crippen LogP contribution in [0.4, 0.5) is 5.69 Å². The minimum atomic E-state index is -0.283. The Morgan fingerprint density at radius 1 is 1.25 bits per heavy atom. The van der Waals surface area contributed by atoms with Crippen molar-refractivity contribution in [1.82, 2.24) is 10.2 Å². The highest BCUT2D eigenvalue weighted by Gasteiger charge is 2.25. The summed E-state index contributed by atoms with van der Waals surface area (Å²) in [5, 5.41) is 15.8. The van der Waals surface area contributed by atoms with Crippen LogP contribution in [0.3, 0.4) is 0 Å². The summed E-state index contributed by atoms with van der Waals surface area (Å²) in [6.07, 6.45) is 1.13. The van der Waals surface area contributed by atoms with Crippen molar-refractivity contribution >= 4 is 17.5 Å². The van der Waals surface area contributed by atoms with Gasteiger partial charge in [0.05, 0.1) is 25.0 Å². The zero-order valence-corrected chi connectivity index (χ0v) is 15.7. The van der Waals surface area contributed by atoms with E-state index in [0.29, 0.717) is 19.5 Å². The smallest absolute Gasteiger partial charge is 0.228 e. The van der Waals surface area contributed by atoms with Gasteiger partial charge in [-0.25, -0.2) is 0 Å². The topological polar surface area (TPSA) is 81.7 Å². The second-order valence-electron chi connectivity index (χ2n) is 7.63. The third kappa shape index (κ3) is 4.40. The van der Waals surface area contributed by atoms with Gasteiger partial charge in [-0.2, -0.15) is 0 Å². The van der Waals surface area contributed by atoms with Crippen LogP contribution in [0.15, 0.2) is 48.5 Å². The molecule has 0 spiro atoms. The van der Waals surface area contributed by atoms with Crippen LogP contribution in [0.5, 0.6) is 0 Å². The molecule has 2 amide bonds. The molecule has 4 rings (SSSR count). The van der Waals surface area contributed by atoms with Crippen LogP contribution in [0.25, 0.3) is 0 Å². The third-order valence-electron chi connectivity index (χ3n) is 5.38. The van der Waals surface area contributed by atoms with Crippen molar-refractivity contribution in [2.75, 3.05) is 25.0 Å². The predicted octanol–water partition coefficient (Wildman–Crippen LogP) is 1.65. The molecule has 0 saturated carbocycles. The molecule has 3 N–H and O–H groups in total. The summed E-state index contributed by atoms with van der Waals surface area (Å²) >= 11 is 0. The maximum absolute atomic E-state index is 12.7. The Kier molecular flexibility index (Phi) is 5.41. The van der Waals surface area contributed by atoms with E-state index in [1.807, 2.05) is 48.5 Å². The molecule has 1 unspecified atom stereocenters. The average Bonchev–Trinajstić information content (AvgIpc) is 3.25. The molecule has 28 heavy (non-hydrogen) atoms. The molecule has 0 bridgehead atoms. The van der Waals surface area contributed by atoms with Crippen molar-refractivity contribution in [3.63, 3.8) is 0 Å². The summed E-state index contributed by atoms with van der Waals surface area (Å²) in [4.78, 5) is 26.4. The molecule has 146 valence electrons. The highest BCUT2D eigenvalue weighted by molar-refractivity contribution is 5.99. The van der Waals surface area contributed by atoms with Crippen LogP contribution in [-0.2, 0) is 22.4 Å². The quantitative estimate of drug-likeness (QED) is 0.713. The van der Waals surface area contributed by atoms with E-state index in [-0.39, 0.29) is 30.4 Å². The van der Waals surface area contributed by atoms with E-state index < -0.39 is 0 Å². The molecule has 2 aromatic carbocycles. The number of aliphatic hydroxyl groups is 1. The fraction of sp³-hybridized carbons (Fsp3) is 0.364. The van der Waals surface area contributed by atoms with Crippen LogP contribution in [0.2, 0.25) is 0 Å². The number of aliphatic hydroxyl groups excluding tert-OH is 1. The SMILES string of the molecule is O=C1Cc2cc(CC(=O)NC(CN3CC[C@H](O)C3)c3ccccc3)ccc2N1. The Bertz CT molecular complexity index is 869. The fourth-order valence-corrected chi connectivity index (χ4v) is 3.98. The maximum atomic E-state index is 12.7. The summed E-state index contributed by atoms with van der Waals surface area (Å²) in [5.74, 6) is -0.0561. The molecule has 6 nitrogen and oxygen atoms in total. The van der Waals surface area contributed by atoms with Gasteiger partial charge in [0.2, 0.25) is 11.8 Å². The number of likely N-dealkylation sites (tertiary alicyclic amines) is 1. The number of fused-ring (bicyclic) bond motifs is 1. The van der Waals surface area contributed by atoms with E-state index in [1.54, 1.807) is 0 Å². The Hall–Kier alpha value is -2.70. The number of benzene rings is 2. The van der Waals surface area contributed by atoms with Gasteiger partial charge >= 0.3 is 0 Å². The zero-order valence-electron chi connectivity index (χ0n) is 15.7. The molecule has 6 heteroatoms. The number of β-amino-alcohol motifs (C(OH)–C–C–N with tert-alkyl or cyclic N) is 1. The number of hydrogen-bond donors (Lipinski definition) is 3. The molecule has 0 aliphatic carbocycles. The lowest BCUT2D eigenvalue weighted by atomic mass is 10.0. The van der Waals surface area contributed by atoms with Gasteiger partial charge in [0.15, 0.2) is 0 Å². The van der Waals surface area contributed by atoms with Crippen molar-refractivity contribution in [2.24, 2.45) is 0 Å². The number of anilines is 1. The van der Waals surface area contributed by atoms with Gasteiger partial charge in [-0.1, -0.05) is 42.5 Å². The lowest BCUT2D eigenvalue weighted by Crippen LogP contribution is -2.38. The van der Waals surface area contributed by atoms with Gasteiger partial charge < -0.3 is 15.7 Å². The molecular formula is C22H25N3O3. The van der Waals surface area contributed by atoms with E-state index in [4.69, 9.17) is 0 Å². The van der Waals surface area contributed by atoms with E-state index in [1.165, 1.54) is 0 Å². The molecule has 2 aliphatic rings. The van der Waals surface area contributed by atoms with Crippen LogP contribution < -0.4 is 10.6 Å². The number of rotatable bonds is 6. The van der Waals surface area contributed by atoms with Gasteiger partial charge in [0.25, 0.3) is 0 Å². The van der Waals surface area contributed by atoms with E-state index in [9.17, 15) is 14.7 Å². The minimum absolute atomic E-state index is 0.00598. The molecule has 1 fully saturated rings. The number of carbonyl (C=O) groups excluding carboxylic acids is 2. The second-order valence-corrected chi connectivity index (χ2v) is 7.63. The van der Waals surface area contributed by atoms with E-state index in [2.05, 4.69) is 15.5 Å². The van der Waals surface area contributed by atoms with Crippen molar-refractivity contribution in [2.45, 2.75) is 31.4 Å². The normalized spacial score (nSPS) is 19.9. The molecule has 2 heterocycles. The molecule has 0 aromatic heterocycles. The minimum Gasteiger partial charge on any atom is -0.392 e. The Morgan fingerprint density at radius 3 is 2.82 bits per heavy atom. The largest absolute Gasteiger partial charge is 0.392 e. The lowest BCUT2D eigenvalue weighted by molar-refractivity contribution is -0.121. The second kappa shape index (κ2) is 8.12. The van der Waals surface area contributed by atoms with Gasteiger partial charge in [0, 0.05) is 25.3 Å². The maximum Gasteiger partial charge on any atom is 0.228 e. The highest BCUT2D eigenvalue weighted by atomic mass is 16.3. The average molecular weight is 379 g/mol. The van der Waals surface area contributed by atoms with Crippen LogP contribution in [0.1, 0.15) is 29.2 Å². The van der Waals surface area contributed by atoms with Gasteiger partial charge in [-0.05, 0) is 29.2 Å². The number of hydrogen-bond acceptors (Lipinski definition) is 4. The van der Waals surface area contributed by atoms with Crippen molar-refractivity contribution in [3.8, 4) is 0 Å². The Balaban J connectivity index is 1.43. The predicted molar refractivity (Wildman–Crippen MR) is 107 cm³/mol. The van der Waals surface area contributed by atoms with Gasteiger partial charge in [-0.15, -0.1) is 0 Å². The third-order valence-corrected chi connectivity index (χ3v) is 5.38. The first-order valence-electron chi connectivity index (χ1n) is 9.73. The van der Waals surface area contributed by atoms with Gasteiger partial charge in [0.1, 0.15) is 0 Å². The number of amides is 2. The van der Waals surface area contributed by atoms with E-state index >= 15 is 0 Å². The molecule has 2 atom stereocenters. The van der Waals surface area contributed by atoms with Crippen molar-refractivity contribution < 1.29 is 14.7 Å². The Morgan fingerprint density at radius 2 is 2.07 bits per heavy atom. The molecular weight excluding hydrogens is 354 g/mol. The summed E-state index contributed by atoms with van der Waals surface area (Å²) in [7, 11) is 0. The molecule has 0 radical (unpaired) electrons. The fourth-order valence-electron chi connectivity index (χ4n) is 3.98. The first-order valence-corrected chi connectivity index (χ1v) is 9.73. The van der Waals surface area contributed by atoms with Gasteiger partial charge in [-0.3, -0.25) is 14.5 Å². The Labute approximate surface area is 164 Å². The summed E-state index contributed by atoms with van der Waals surface area (Å²) in [6.45, 7) is 2.16. The van der Waals surface area contributed by atoms with Crippen LogP contribution in [0, 0.1) is 0 Å². The highest BCUT2D eigenvalue weighted by Crippen LogP contribution is 2.24. The summed E-state index contributed by atoms with van der Waals surface area (Å²) in [6, 6.07) is 15.5. The van der Waals surface area contributed by atoms with Crippen molar-refractivity contribution in [1.29, 1.82) is 0 Å². The molecule has 1 saturated heterocycles. The van der Waals surface area contributed by atoms with E-state index in [0.717, 1.165) is 35.3 Å². The van der Waals surface area contributed by atoms with Crippen molar-refractivity contribution in [3.05, 3.63) is 65.2 Å². The molecule has 2 aromatic rings. The monoisotopic (exact) mass is 379 g/mol. The number of carbonyl (C=O) groups is 2. The lowest BCUT2D eigenvalue weighted by Gasteiger charge is -2.25. The standard InChI is InChI=1S/C22H25N3O3/c26-18-8-9-25(13-18)14-20(16-4-2-1-3-5-16)24-21(27)11-15-6-7-19-17(10-15)12-22(28)23-19/h1-7,10,18,20,26H,8-9,11-14H2,(H,23,28)(H,24,27)/t18-,20?/m0/s1. The summed E-state index contributed by atoms with van der Waals surface area (Å²) < 4.78 is 0.